The predicted octanol–water partition coefficient (Wildman–Crippen LogP) is 8.68. The number of aromatic nitrogens is 3. The van der Waals surface area contributed by atoms with Crippen molar-refractivity contribution in [2.75, 3.05) is 0 Å². The number of halogens is 1. The van der Waals surface area contributed by atoms with E-state index in [1.807, 2.05) is 24.8 Å². The zero-order chi connectivity index (χ0) is 22.5. The molecule has 0 aliphatic carbocycles. The molecule has 5 aromatic heterocycles. The van der Waals surface area contributed by atoms with Gasteiger partial charge in [-0.05, 0) is 82.9 Å². The van der Waals surface area contributed by atoms with E-state index in [0.717, 1.165) is 36.7 Å². The molecule has 0 aliphatic heterocycles. The van der Waals surface area contributed by atoms with Gasteiger partial charge in [0.2, 0.25) is 0 Å². The van der Waals surface area contributed by atoms with E-state index < -0.39 is 0 Å². The van der Waals surface area contributed by atoms with E-state index in [2.05, 4.69) is 83.3 Å². The van der Waals surface area contributed by atoms with E-state index in [1.165, 1.54) is 31.3 Å². The van der Waals surface area contributed by atoms with E-state index >= 15 is 0 Å². The van der Waals surface area contributed by atoms with Gasteiger partial charge in [-0.1, -0.05) is 12.1 Å². The van der Waals surface area contributed by atoms with Gasteiger partial charge >= 0.3 is 0 Å². The first kappa shape index (κ1) is 20.7. The quantitative estimate of drug-likeness (QED) is 0.216. The van der Waals surface area contributed by atoms with Crippen LogP contribution in [0.25, 0.3) is 53.1 Å². The summed E-state index contributed by atoms with van der Waals surface area (Å²) in [5.74, 6) is 0. The van der Waals surface area contributed by atoms with Crippen LogP contribution in [0.2, 0.25) is 0 Å². The lowest BCUT2D eigenvalue weighted by atomic mass is 10.0. The number of nitrogens with zero attached hydrogens (tertiary/aromatic N) is 3. The highest BCUT2D eigenvalue weighted by Crippen LogP contribution is 2.39. The van der Waals surface area contributed by atoms with Crippen molar-refractivity contribution in [2.24, 2.45) is 0 Å². The van der Waals surface area contributed by atoms with Crippen molar-refractivity contribution < 1.29 is 0 Å². The average Bonchev–Trinajstić information content (AvgIpc) is 3.40. The van der Waals surface area contributed by atoms with Crippen LogP contribution in [0.3, 0.4) is 0 Å². The highest BCUT2D eigenvalue weighted by Gasteiger charge is 2.13. The van der Waals surface area contributed by atoms with Crippen molar-refractivity contribution in [1.82, 2.24) is 15.0 Å². The minimum atomic E-state index is 0.940. The molecule has 0 spiro atoms. The zero-order valence-corrected chi connectivity index (χ0v) is 21.2. The van der Waals surface area contributed by atoms with Crippen LogP contribution < -0.4 is 0 Å². The summed E-state index contributed by atoms with van der Waals surface area (Å²) in [6, 6.07) is 17.3. The number of thiophene rings is 2. The Balaban J connectivity index is 1.43. The van der Waals surface area contributed by atoms with Gasteiger partial charge in [0.15, 0.2) is 0 Å². The largest absolute Gasteiger partial charge is 0.265 e. The van der Waals surface area contributed by atoms with Gasteiger partial charge in [-0.2, -0.15) is 0 Å². The van der Waals surface area contributed by atoms with Crippen LogP contribution >= 0.6 is 38.6 Å². The molecule has 0 aliphatic rings. The first-order valence-electron chi connectivity index (χ1n) is 10.5. The number of hydrogen-bond donors (Lipinski definition) is 0. The van der Waals surface area contributed by atoms with Gasteiger partial charge in [-0.15, -0.1) is 22.7 Å². The molecule has 0 radical (unpaired) electrons. The van der Waals surface area contributed by atoms with Crippen molar-refractivity contribution >= 4 is 60.4 Å². The first-order chi connectivity index (χ1) is 16.1. The smallest absolute Gasteiger partial charge is 0.0965 e. The Morgan fingerprint density at radius 3 is 1.82 bits per heavy atom. The number of benzene rings is 1. The Morgan fingerprint density at radius 2 is 1.24 bits per heavy atom. The molecule has 0 atom stereocenters. The van der Waals surface area contributed by atoms with Crippen LogP contribution in [-0.2, 0) is 0 Å². The Kier molecular flexibility index (Phi) is 5.09. The Bertz CT molecular complexity index is 1650. The zero-order valence-electron chi connectivity index (χ0n) is 18.0. The maximum atomic E-state index is 4.86. The van der Waals surface area contributed by atoms with Crippen LogP contribution in [0.1, 0.15) is 11.1 Å². The van der Waals surface area contributed by atoms with Gasteiger partial charge in [-0.3, -0.25) is 15.0 Å². The summed E-state index contributed by atoms with van der Waals surface area (Å²) in [6.45, 7) is 4.30. The second-order valence-electron chi connectivity index (χ2n) is 8.08. The summed E-state index contributed by atoms with van der Waals surface area (Å²) in [6.07, 6.45) is 7.62. The number of hydrogen-bond acceptors (Lipinski definition) is 5. The minimum absolute atomic E-state index is 0.940. The molecule has 0 amide bonds. The molecule has 6 heteroatoms. The molecular weight excluding hydrogens is 510 g/mol. The molecule has 5 heterocycles. The lowest BCUT2D eigenvalue weighted by Crippen LogP contribution is -1.88. The third kappa shape index (κ3) is 3.68. The van der Waals surface area contributed by atoms with Gasteiger partial charge in [0.25, 0.3) is 0 Å². The third-order valence-corrected chi connectivity index (χ3v) is 8.92. The maximum absolute atomic E-state index is 4.86. The molecule has 160 valence electrons. The second-order valence-corrected chi connectivity index (χ2v) is 11.6. The molecule has 0 fully saturated rings. The molecule has 33 heavy (non-hydrogen) atoms. The molecular formula is C27H18BrN3S2. The van der Waals surface area contributed by atoms with Crippen LogP contribution in [0, 0.1) is 13.8 Å². The van der Waals surface area contributed by atoms with Crippen LogP contribution in [-0.4, -0.2) is 15.0 Å². The maximum Gasteiger partial charge on any atom is 0.0965 e. The van der Waals surface area contributed by atoms with E-state index in [4.69, 9.17) is 9.97 Å². The number of rotatable bonds is 3. The number of fused-ring (bicyclic) bond motifs is 3. The topological polar surface area (TPSA) is 38.7 Å². The fourth-order valence-corrected chi connectivity index (χ4v) is 7.07. The fourth-order valence-electron chi connectivity index (χ4n) is 4.20. The minimum Gasteiger partial charge on any atom is -0.265 e. The SMILES string of the molecule is Cc1cc(Br)sc1-c1cnc2c(ccc3cc(-c4sc(-c5ccncc5)cc4C)cnc32)c1. The molecule has 3 nitrogen and oxygen atoms in total. The molecule has 1 aromatic carbocycles. The van der Waals surface area contributed by atoms with Crippen molar-refractivity contribution in [3.63, 3.8) is 0 Å². The molecule has 0 saturated heterocycles. The summed E-state index contributed by atoms with van der Waals surface area (Å²) in [5.41, 5.74) is 7.87. The van der Waals surface area contributed by atoms with E-state index in [1.54, 1.807) is 22.7 Å². The molecule has 6 rings (SSSR count). The highest BCUT2D eigenvalue weighted by atomic mass is 79.9. The summed E-state index contributed by atoms with van der Waals surface area (Å²) in [4.78, 5) is 17.6. The van der Waals surface area contributed by atoms with Crippen molar-refractivity contribution in [3.05, 3.63) is 88.2 Å². The number of pyridine rings is 3. The van der Waals surface area contributed by atoms with Gasteiger partial charge in [0.05, 0.1) is 14.8 Å². The Morgan fingerprint density at radius 1 is 0.667 bits per heavy atom. The third-order valence-electron chi connectivity index (χ3n) is 5.80. The summed E-state index contributed by atoms with van der Waals surface area (Å²) < 4.78 is 1.14. The molecule has 0 saturated carbocycles. The van der Waals surface area contributed by atoms with Crippen LogP contribution in [0.5, 0.6) is 0 Å². The fraction of sp³-hybridized carbons (Fsp3) is 0.0741. The Hall–Kier alpha value is -2.93. The standard InChI is InChI=1S/C27H18BrN3S2/c1-15-9-22(17-5-7-29-8-6-17)32-26(15)20-11-18-3-4-19-12-21(27-16(2)10-23(28)33-27)14-31-25(19)24(18)30-13-20/h3-14H,1-2H3. The lowest BCUT2D eigenvalue weighted by molar-refractivity contribution is 1.33. The van der Waals surface area contributed by atoms with Crippen molar-refractivity contribution in [1.29, 1.82) is 0 Å². The molecule has 0 unspecified atom stereocenters. The summed E-state index contributed by atoms with van der Waals surface area (Å²) in [5, 5.41) is 2.21. The van der Waals surface area contributed by atoms with Crippen LogP contribution in [0.15, 0.2) is 77.1 Å². The van der Waals surface area contributed by atoms with Crippen molar-refractivity contribution in [2.45, 2.75) is 13.8 Å². The van der Waals surface area contributed by atoms with Gasteiger partial charge in [0.1, 0.15) is 0 Å². The molecule has 6 aromatic rings. The van der Waals surface area contributed by atoms with Gasteiger partial charge < -0.3 is 0 Å². The lowest BCUT2D eigenvalue weighted by Gasteiger charge is -2.07. The predicted molar refractivity (Wildman–Crippen MR) is 144 cm³/mol. The Labute approximate surface area is 208 Å². The monoisotopic (exact) mass is 527 g/mol. The molecule has 0 N–H and O–H groups in total. The normalized spacial score (nSPS) is 11.5. The van der Waals surface area contributed by atoms with Gasteiger partial charge in [-0.25, -0.2) is 0 Å². The van der Waals surface area contributed by atoms with Crippen molar-refractivity contribution in [3.8, 4) is 31.3 Å². The first-order valence-corrected chi connectivity index (χ1v) is 13.0. The van der Waals surface area contributed by atoms with Crippen LogP contribution in [0.4, 0.5) is 0 Å². The van der Waals surface area contributed by atoms with E-state index in [0.29, 0.717) is 0 Å². The second kappa shape index (κ2) is 8.13. The van der Waals surface area contributed by atoms with Gasteiger partial charge in [0, 0.05) is 61.3 Å². The highest BCUT2D eigenvalue weighted by molar-refractivity contribution is 9.11. The number of aryl methyl sites for hydroxylation is 2. The average molecular weight is 529 g/mol. The van der Waals surface area contributed by atoms with E-state index in [-0.39, 0.29) is 0 Å². The van der Waals surface area contributed by atoms with E-state index in [9.17, 15) is 0 Å². The summed E-state index contributed by atoms with van der Waals surface area (Å²) >= 11 is 7.13. The summed E-state index contributed by atoms with van der Waals surface area (Å²) in [7, 11) is 0. The molecule has 0 bridgehead atoms.